The molecule has 4 nitrogen and oxygen atoms in total. The average molecular weight is 412 g/mol. The van der Waals surface area contributed by atoms with Crippen LogP contribution in [-0.2, 0) is 14.9 Å². The Morgan fingerprint density at radius 3 is 2.53 bits per heavy atom. The number of ketones is 1. The summed E-state index contributed by atoms with van der Waals surface area (Å²) >= 11 is 0. The fourth-order valence-corrected chi connectivity index (χ4v) is 6.48. The zero-order valence-electron chi connectivity index (χ0n) is 17.5. The molecule has 0 saturated heterocycles. The number of hydrogen-bond donors (Lipinski definition) is 0. The number of fused-ring (bicyclic) bond motifs is 5. The zero-order chi connectivity index (χ0) is 21.3. The van der Waals surface area contributed by atoms with E-state index >= 15 is 0 Å². The lowest BCUT2D eigenvalue weighted by Crippen LogP contribution is -2.46. The first-order valence-corrected chi connectivity index (χ1v) is 10.7. The van der Waals surface area contributed by atoms with Crippen LogP contribution in [0.15, 0.2) is 24.3 Å². The number of Topliss-reactive ketones (excluding diaryl/α,β-unsaturated/α-hetero) is 1. The molecule has 158 valence electrons. The number of methoxy groups -OCH3 is 1. The van der Waals surface area contributed by atoms with E-state index in [9.17, 15) is 13.6 Å². The normalized spacial score (nSPS) is 31.2. The van der Waals surface area contributed by atoms with Crippen LogP contribution in [0.5, 0.6) is 0 Å². The van der Waals surface area contributed by atoms with Crippen LogP contribution in [0.3, 0.4) is 0 Å². The Hall–Kier alpha value is -2.21. The molecule has 0 radical (unpaired) electrons. The topological polar surface area (TPSA) is 52.1 Å². The van der Waals surface area contributed by atoms with Gasteiger partial charge in [-0.2, -0.15) is 5.10 Å². The number of rotatable bonds is 4. The lowest BCUT2D eigenvalue weighted by molar-refractivity contribution is -0.132. The Balaban J connectivity index is 1.60. The third-order valence-electron chi connectivity index (χ3n) is 8.11. The lowest BCUT2D eigenvalue weighted by Gasteiger charge is -2.38. The quantitative estimate of drug-likeness (QED) is 0.712. The van der Waals surface area contributed by atoms with Gasteiger partial charge in [0.05, 0.1) is 28.5 Å². The standard InChI is InChI=1S/C24H26F2N2O2/c1-23(2)16-9-10-24(23,22(29)13-7-8-14(11-13)30-3)21-15(16)12-19(27-28-21)20-17(25)5-4-6-18(20)26/h4-6,12-14,16H,7-11H2,1-3H3/t13?,14-,16-,24+/m0/s1. The Labute approximate surface area is 175 Å². The largest absolute Gasteiger partial charge is 0.381 e. The van der Waals surface area contributed by atoms with Crippen molar-refractivity contribution in [1.82, 2.24) is 10.2 Å². The molecule has 2 saturated carbocycles. The Morgan fingerprint density at radius 2 is 1.87 bits per heavy atom. The lowest BCUT2D eigenvalue weighted by atomic mass is 9.63. The molecule has 1 aromatic carbocycles. The highest BCUT2D eigenvalue weighted by atomic mass is 19.1. The summed E-state index contributed by atoms with van der Waals surface area (Å²) in [6.07, 6.45) is 4.25. The summed E-state index contributed by atoms with van der Waals surface area (Å²) in [7, 11) is 1.70. The first-order chi connectivity index (χ1) is 14.3. The molecule has 1 unspecified atom stereocenters. The van der Waals surface area contributed by atoms with E-state index < -0.39 is 17.0 Å². The second-order valence-electron chi connectivity index (χ2n) is 9.58. The molecule has 3 aliphatic rings. The van der Waals surface area contributed by atoms with E-state index in [2.05, 4.69) is 24.0 Å². The van der Waals surface area contributed by atoms with Crippen LogP contribution in [0.4, 0.5) is 8.78 Å². The van der Waals surface area contributed by atoms with Gasteiger partial charge in [-0.1, -0.05) is 19.9 Å². The second kappa shape index (κ2) is 6.64. The molecule has 2 aromatic rings. The molecule has 0 amide bonds. The monoisotopic (exact) mass is 412 g/mol. The maximum Gasteiger partial charge on any atom is 0.148 e. The number of ether oxygens (including phenoxy) is 1. The van der Waals surface area contributed by atoms with Gasteiger partial charge in [0, 0.05) is 13.0 Å². The molecular weight excluding hydrogens is 386 g/mol. The van der Waals surface area contributed by atoms with Gasteiger partial charge in [0.15, 0.2) is 0 Å². The zero-order valence-corrected chi connectivity index (χ0v) is 17.5. The molecule has 30 heavy (non-hydrogen) atoms. The number of aromatic nitrogens is 2. The van der Waals surface area contributed by atoms with Crippen molar-refractivity contribution in [2.75, 3.05) is 7.11 Å². The number of carbonyl (C=O) groups is 1. The summed E-state index contributed by atoms with van der Waals surface area (Å²) in [4.78, 5) is 13.9. The number of carbonyl (C=O) groups excluding carboxylic acids is 1. The Bertz CT molecular complexity index is 1020. The molecule has 4 atom stereocenters. The van der Waals surface area contributed by atoms with Crippen molar-refractivity contribution in [3.63, 3.8) is 0 Å². The van der Waals surface area contributed by atoms with Crippen LogP contribution in [0, 0.1) is 23.0 Å². The molecular formula is C24H26F2N2O2. The molecule has 2 bridgehead atoms. The fourth-order valence-electron chi connectivity index (χ4n) is 6.48. The molecule has 6 heteroatoms. The highest BCUT2D eigenvalue weighted by molar-refractivity contribution is 5.95. The van der Waals surface area contributed by atoms with Crippen LogP contribution >= 0.6 is 0 Å². The highest BCUT2D eigenvalue weighted by Gasteiger charge is 2.67. The summed E-state index contributed by atoms with van der Waals surface area (Å²) in [5, 5.41) is 8.67. The van der Waals surface area contributed by atoms with E-state index in [1.807, 2.05) is 0 Å². The predicted octanol–water partition coefficient (Wildman–Crippen LogP) is 4.96. The molecule has 0 N–H and O–H groups in total. The highest BCUT2D eigenvalue weighted by Crippen LogP contribution is 2.68. The number of benzene rings is 1. The molecule has 2 fully saturated rings. The van der Waals surface area contributed by atoms with Gasteiger partial charge in [-0.15, -0.1) is 5.10 Å². The van der Waals surface area contributed by atoms with Crippen molar-refractivity contribution >= 4 is 5.78 Å². The van der Waals surface area contributed by atoms with Crippen LogP contribution in [0.25, 0.3) is 11.3 Å². The van der Waals surface area contributed by atoms with Crippen LogP contribution in [-0.4, -0.2) is 29.2 Å². The third kappa shape index (κ3) is 2.43. The van der Waals surface area contributed by atoms with Gasteiger partial charge >= 0.3 is 0 Å². The van der Waals surface area contributed by atoms with Gasteiger partial charge < -0.3 is 4.74 Å². The molecule has 5 rings (SSSR count). The van der Waals surface area contributed by atoms with Crippen molar-refractivity contribution in [3.05, 3.63) is 47.2 Å². The molecule has 0 spiro atoms. The molecule has 1 heterocycles. The predicted molar refractivity (Wildman–Crippen MR) is 108 cm³/mol. The number of halogens is 2. The van der Waals surface area contributed by atoms with Crippen molar-refractivity contribution in [1.29, 1.82) is 0 Å². The molecule has 3 aliphatic carbocycles. The minimum Gasteiger partial charge on any atom is -0.381 e. The maximum atomic E-state index is 14.3. The van der Waals surface area contributed by atoms with Crippen molar-refractivity contribution in [3.8, 4) is 11.3 Å². The SMILES string of the molecule is CO[C@H]1CCC(C(=O)[C@@]23CC[C@@H](c4cc(-c5c(F)cccc5F)nnc42)C3(C)C)C1. The van der Waals surface area contributed by atoms with E-state index in [0.29, 0.717) is 0 Å². The van der Waals surface area contributed by atoms with E-state index in [4.69, 9.17) is 4.74 Å². The average Bonchev–Trinajstić information content (AvgIpc) is 3.35. The van der Waals surface area contributed by atoms with Crippen molar-refractivity contribution in [2.45, 2.75) is 63.4 Å². The van der Waals surface area contributed by atoms with Crippen molar-refractivity contribution in [2.24, 2.45) is 11.3 Å². The van der Waals surface area contributed by atoms with E-state index in [0.717, 1.165) is 43.4 Å². The summed E-state index contributed by atoms with van der Waals surface area (Å²) in [5.41, 5.74) is 0.685. The molecule has 0 aliphatic heterocycles. The van der Waals surface area contributed by atoms with Crippen LogP contribution in [0.2, 0.25) is 0 Å². The van der Waals surface area contributed by atoms with Crippen LogP contribution in [0.1, 0.15) is 63.1 Å². The van der Waals surface area contributed by atoms with Gasteiger partial charge in [-0.25, -0.2) is 8.78 Å². The third-order valence-corrected chi connectivity index (χ3v) is 8.11. The van der Waals surface area contributed by atoms with Gasteiger partial charge in [-0.3, -0.25) is 4.79 Å². The van der Waals surface area contributed by atoms with E-state index in [-0.39, 0.29) is 40.4 Å². The smallest absolute Gasteiger partial charge is 0.148 e. The minimum atomic E-state index is -0.681. The summed E-state index contributed by atoms with van der Waals surface area (Å²) in [5.74, 6) is -0.986. The molecule has 1 aromatic heterocycles. The van der Waals surface area contributed by atoms with E-state index in [1.165, 1.54) is 18.2 Å². The van der Waals surface area contributed by atoms with Gasteiger partial charge in [0.25, 0.3) is 0 Å². The first-order valence-electron chi connectivity index (χ1n) is 10.7. The second-order valence-corrected chi connectivity index (χ2v) is 9.58. The number of hydrogen-bond acceptors (Lipinski definition) is 4. The van der Waals surface area contributed by atoms with Gasteiger partial charge in [-0.05, 0) is 67.2 Å². The van der Waals surface area contributed by atoms with Crippen LogP contribution < -0.4 is 0 Å². The number of nitrogens with zero attached hydrogens (tertiary/aromatic N) is 2. The first kappa shape index (κ1) is 19.7. The summed E-state index contributed by atoms with van der Waals surface area (Å²) in [6.45, 7) is 4.27. The van der Waals surface area contributed by atoms with Gasteiger partial charge in [0.2, 0.25) is 0 Å². The maximum absolute atomic E-state index is 14.3. The Morgan fingerprint density at radius 1 is 1.13 bits per heavy atom. The van der Waals surface area contributed by atoms with E-state index in [1.54, 1.807) is 13.2 Å². The van der Waals surface area contributed by atoms with Gasteiger partial charge in [0.1, 0.15) is 17.4 Å². The minimum absolute atomic E-state index is 0.0376. The van der Waals surface area contributed by atoms with Crippen molar-refractivity contribution < 1.29 is 18.3 Å². The summed E-state index contributed by atoms with van der Waals surface area (Å²) < 4.78 is 34.2. The Kier molecular flexibility index (Phi) is 4.37. The summed E-state index contributed by atoms with van der Waals surface area (Å²) in [6, 6.07) is 5.54. The fraction of sp³-hybridized carbons (Fsp3) is 0.542.